The third kappa shape index (κ3) is 3.47. The highest BCUT2D eigenvalue weighted by Crippen LogP contribution is 2.41. The molecule has 0 unspecified atom stereocenters. The molecule has 0 aromatic carbocycles. The predicted molar refractivity (Wildman–Crippen MR) is 113 cm³/mol. The van der Waals surface area contributed by atoms with E-state index in [1.165, 1.54) is 13.3 Å². The lowest BCUT2D eigenvalue weighted by Gasteiger charge is -2.29. The van der Waals surface area contributed by atoms with Gasteiger partial charge in [0.2, 0.25) is 0 Å². The predicted octanol–water partition coefficient (Wildman–Crippen LogP) is 0.378. The van der Waals surface area contributed by atoms with Gasteiger partial charge in [-0.2, -0.15) is 0 Å². The third-order valence-corrected chi connectivity index (χ3v) is 6.47. The molecule has 2 fully saturated rings. The maximum Gasteiger partial charge on any atom is 0.165 e. The summed E-state index contributed by atoms with van der Waals surface area (Å²) in [5.74, 6) is 1.36. The van der Waals surface area contributed by atoms with E-state index in [0.717, 1.165) is 25.3 Å². The second-order valence-electron chi connectivity index (χ2n) is 8.33. The summed E-state index contributed by atoms with van der Waals surface area (Å²) in [7, 11) is 0. The summed E-state index contributed by atoms with van der Waals surface area (Å²) in [4.78, 5) is 15.3. The molecule has 0 bridgehead atoms. The average molecular weight is 447 g/mol. The van der Waals surface area contributed by atoms with E-state index in [1.54, 1.807) is 17.0 Å². The fourth-order valence-corrected chi connectivity index (χ4v) is 4.62. The number of aliphatic hydroxyl groups is 3. The van der Waals surface area contributed by atoms with Crippen molar-refractivity contribution in [3.63, 3.8) is 0 Å². The zero-order valence-electron chi connectivity index (χ0n) is 16.8. The van der Waals surface area contributed by atoms with E-state index in [2.05, 4.69) is 35.4 Å². The monoisotopic (exact) mass is 446 g/mol. The molecule has 3 aromatic rings. The minimum Gasteiger partial charge on any atom is -0.390 e. The number of hydrogen-bond donors (Lipinski definition) is 4. The first-order valence-electron chi connectivity index (χ1n) is 10.1. The van der Waals surface area contributed by atoms with Crippen molar-refractivity contribution in [2.24, 2.45) is 0 Å². The van der Waals surface area contributed by atoms with Gasteiger partial charge in [-0.25, -0.2) is 15.0 Å². The second kappa shape index (κ2) is 7.52. The topological polar surface area (TPSA) is 145 Å². The van der Waals surface area contributed by atoms with Crippen molar-refractivity contribution in [3.05, 3.63) is 29.9 Å². The Kier molecular flexibility index (Phi) is 4.93. The third-order valence-electron chi connectivity index (χ3n) is 6.27. The molecule has 1 saturated heterocycles. The Hall–Kier alpha value is -2.60. The van der Waals surface area contributed by atoms with Gasteiger partial charge in [-0.1, -0.05) is 11.6 Å². The van der Waals surface area contributed by atoms with Crippen molar-refractivity contribution < 1.29 is 15.3 Å². The molecule has 0 amide bonds. The molecule has 1 aliphatic carbocycles. The second-order valence-corrected chi connectivity index (χ2v) is 8.71. The Labute approximate surface area is 182 Å². The maximum absolute atomic E-state index is 10.7. The highest BCUT2D eigenvalue weighted by molar-refractivity contribution is 6.29. The molecule has 5 atom stereocenters. The Balaban J connectivity index is 1.37. The van der Waals surface area contributed by atoms with Gasteiger partial charge < -0.3 is 30.1 Å². The lowest BCUT2D eigenvalue weighted by Crippen LogP contribution is -2.43. The average Bonchev–Trinajstić information content (AvgIpc) is 3.43. The number of aromatic nitrogens is 6. The maximum atomic E-state index is 10.7. The zero-order valence-corrected chi connectivity index (χ0v) is 17.6. The number of halogens is 1. The van der Waals surface area contributed by atoms with E-state index in [1.807, 2.05) is 6.07 Å². The van der Waals surface area contributed by atoms with E-state index >= 15 is 0 Å². The number of fused-ring (bicyclic) bond motifs is 1. The molecule has 12 heteroatoms. The highest BCUT2D eigenvalue weighted by Gasteiger charge is 2.51. The van der Waals surface area contributed by atoms with Crippen molar-refractivity contribution in [1.82, 2.24) is 29.7 Å². The smallest absolute Gasteiger partial charge is 0.165 e. The van der Waals surface area contributed by atoms with E-state index < -0.39 is 23.9 Å². The van der Waals surface area contributed by atoms with Gasteiger partial charge in [0, 0.05) is 19.1 Å². The number of hydrogen-bond acceptors (Lipinski definition) is 10. The van der Waals surface area contributed by atoms with Crippen LogP contribution in [0.2, 0.25) is 5.15 Å². The van der Waals surface area contributed by atoms with Crippen LogP contribution in [0.15, 0.2) is 24.8 Å². The molecule has 3 aromatic heterocycles. The van der Waals surface area contributed by atoms with Crippen molar-refractivity contribution >= 4 is 34.4 Å². The Morgan fingerprint density at radius 2 is 2.03 bits per heavy atom. The van der Waals surface area contributed by atoms with Gasteiger partial charge in [0.1, 0.15) is 23.5 Å². The largest absolute Gasteiger partial charge is 0.390 e. The van der Waals surface area contributed by atoms with Crippen LogP contribution >= 0.6 is 11.6 Å². The van der Waals surface area contributed by atoms with Crippen LogP contribution in [0.4, 0.5) is 11.6 Å². The molecule has 164 valence electrons. The fourth-order valence-electron chi connectivity index (χ4n) is 4.52. The highest BCUT2D eigenvalue weighted by atomic mass is 35.5. The molecule has 5 rings (SSSR count). The molecule has 2 aliphatic rings. The zero-order chi connectivity index (χ0) is 21.8. The molecule has 0 spiro atoms. The molecule has 4 N–H and O–H groups in total. The van der Waals surface area contributed by atoms with Crippen LogP contribution in [0.3, 0.4) is 0 Å². The lowest BCUT2D eigenvalue weighted by atomic mass is 9.98. The van der Waals surface area contributed by atoms with Crippen LogP contribution in [-0.4, -0.2) is 82.0 Å². The molecule has 0 radical (unpaired) electrons. The van der Waals surface area contributed by atoms with Gasteiger partial charge in [0.05, 0.1) is 18.5 Å². The quantitative estimate of drug-likeness (QED) is 0.443. The normalized spacial score (nSPS) is 30.9. The first-order chi connectivity index (χ1) is 14.8. The van der Waals surface area contributed by atoms with E-state index in [0.29, 0.717) is 22.1 Å². The Bertz CT molecular complexity index is 1090. The number of rotatable bonds is 4. The first-order valence-corrected chi connectivity index (χ1v) is 10.5. The summed E-state index contributed by atoms with van der Waals surface area (Å²) in [6.45, 7) is 3.05. The summed E-state index contributed by atoms with van der Waals surface area (Å²) in [5.41, 5.74) is -0.404. The molecule has 11 nitrogen and oxygen atoms in total. The van der Waals surface area contributed by atoms with Crippen LogP contribution in [0, 0.1) is 0 Å². The molecule has 1 aliphatic heterocycles. The van der Waals surface area contributed by atoms with Crippen molar-refractivity contribution in [1.29, 1.82) is 0 Å². The fraction of sp³-hybridized carbons (Fsp3) is 0.526. The summed E-state index contributed by atoms with van der Waals surface area (Å²) < 4.78 is 1.70. The van der Waals surface area contributed by atoms with Crippen molar-refractivity contribution in [2.75, 3.05) is 23.3 Å². The van der Waals surface area contributed by atoms with Crippen LogP contribution in [0.5, 0.6) is 0 Å². The van der Waals surface area contributed by atoms with E-state index in [-0.39, 0.29) is 12.5 Å². The van der Waals surface area contributed by atoms with E-state index in [9.17, 15) is 15.3 Å². The number of imidazole rings is 1. The van der Waals surface area contributed by atoms with Gasteiger partial charge in [0.25, 0.3) is 0 Å². The first kappa shape index (κ1) is 20.3. The SMILES string of the molecule is C[C@]1(O)[C@@H](O)[C@H](O)C[C@H]1n1cnc2c(N[C@H]3CCN(c4ccc(Cl)nn4)C3)ncnc21. The summed E-state index contributed by atoms with van der Waals surface area (Å²) in [6.07, 6.45) is 1.83. The molecular weight excluding hydrogens is 424 g/mol. The van der Waals surface area contributed by atoms with Gasteiger partial charge in [0.15, 0.2) is 22.4 Å². The minimum atomic E-state index is -1.50. The van der Waals surface area contributed by atoms with Crippen molar-refractivity contribution in [3.8, 4) is 0 Å². The van der Waals surface area contributed by atoms with Crippen molar-refractivity contribution in [2.45, 2.75) is 49.7 Å². The van der Waals surface area contributed by atoms with Crippen LogP contribution in [0.25, 0.3) is 11.2 Å². The van der Waals surface area contributed by atoms with Crippen LogP contribution in [-0.2, 0) is 0 Å². The van der Waals surface area contributed by atoms with Gasteiger partial charge in [-0.3, -0.25) is 0 Å². The van der Waals surface area contributed by atoms with Gasteiger partial charge in [-0.15, -0.1) is 10.2 Å². The molecule has 4 heterocycles. The number of aliphatic hydroxyl groups excluding tert-OH is 2. The minimum absolute atomic E-state index is 0.124. The van der Waals surface area contributed by atoms with E-state index in [4.69, 9.17) is 11.6 Å². The number of anilines is 2. The summed E-state index contributed by atoms with van der Waals surface area (Å²) >= 11 is 5.82. The summed E-state index contributed by atoms with van der Waals surface area (Å²) in [5, 5.41) is 42.8. The summed E-state index contributed by atoms with van der Waals surface area (Å²) in [6, 6.07) is 3.13. The van der Waals surface area contributed by atoms with Gasteiger partial charge >= 0.3 is 0 Å². The van der Waals surface area contributed by atoms with Crippen LogP contribution in [0.1, 0.15) is 25.8 Å². The van der Waals surface area contributed by atoms with Crippen LogP contribution < -0.4 is 10.2 Å². The lowest BCUT2D eigenvalue weighted by molar-refractivity contribution is -0.0884. The molecule has 1 saturated carbocycles. The molecule has 31 heavy (non-hydrogen) atoms. The standard InChI is InChI=1S/C19H23ClN8O3/c1-19(31)12(6-11(29)16(19)30)28-9-23-15-17(21-8-22-18(15)28)24-10-4-5-27(7-10)14-3-2-13(20)25-26-14/h2-3,8-12,16,29-31H,4-7H2,1H3,(H,21,22,24)/t10-,11+,12+,16-,19+/m0/s1. The number of nitrogens with zero attached hydrogens (tertiary/aromatic N) is 7. The van der Waals surface area contributed by atoms with Gasteiger partial charge in [-0.05, 0) is 31.9 Å². The Morgan fingerprint density at radius 3 is 2.74 bits per heavy atom. The number of nitrogens with one attached hydrogen (secondary N) is 1. The molecular formula is C19H23ClN8O3. The Morgan fingerprint density at radius 1 is 1.19 bits per heavy atom.